The lowest BCUT2D eigenvalue weighted by Crippen LogP contribution is -2.29. The van der Waals surface area contributed by atoms with Crippen molar-refractivity contribution in [1.82, 2.24) is 0 Å². The van der Waals surface area contributed by atoms with Crippen molar-refractivity contribution in [2.75, 3.05) is 5.75 Å². The molecule has 0 atom stereocenters. The van der Waals surface area contributed by atoms with Gasteiger partial charge in [0.05, 0.1) is 11.0 Å². The Morgan fingerprint density at radius 1 is 1.13 bits per heavy atom. The van der Waals surface area contributed by atoms with Gasteiger partial charge in [0.2, 0.25) is 0 Å². The average molecular weight is 448 g/mol. The van der Waals surface area contributed by atoms with Crippen LogP contribution in [-0.2, 0) is 21.1 Å². The normalized spacial score (nSPS) is 22.3. The minimum Gasteiger partial charge on any atom is -0.299 e. The molecule has 128 valence electrons. The largest absolute Gasteiger partial charge is 0.299 e. The molecule has 0 unspecified atom stereocenters. The minimum atomic E-state index is -2.97. The van der Waals surface area contributed by atoms with Crippen molar-refractivity contribution in [1.29, 1.82) is 0 Å². The maximum absolute atomic E-state index is 12.4. The summed E-state index contributed by atoms with van der Waals surface area (Å²) in [6.45, 7) is 3.48. The fourth-order valence-electron chi connectivity index (χ4n) is 3.12. The zero-order chi connectivity index (χ0) is 17.0. The number of benzene rings is 1. The van der Waals surface area contributed by atoms with E-state index < -0.39 is 9.84 Å². The molecule has 1 aromatic carbocycles. The van der Waals surface area contributed by atoms with Crippen molar-refractivity contribution in [3.8, 4) is 0 Å². The Hall–Kier alpha value is -0.430. The van der Waals surface area contributed by atoms with Crippen LogP contribution in [-0.4, -0.2) is 25.2 Å². The third kappa shape index (κ3) is 5.55. The molecule has 2 rings (SSSR count). The van der Waals surface area contributed by atoms with Crippen molar-refractivity contribution >= 4 is 38.2 Å². The van der Waals surface area contributed by atoms with E-state index in [1.807, 2.05) is 24.3 Å². The monoisotopic (exact) mass is 448 g/mol. The molecule has 1 aliphatic rings. The maximum atomic E-state index is 12.4. The van der Waals surface area contributed by atoms with Crippen molar-refractivity contribution < 1.29 is 13.2 Å². The van der Waals surface area contributed by atoms with Crippen LogP contribution in [0.1, 0.15) is 45.1 Å². The Labute approximate surface area is 153 Å². The summed E-state index contributed by atoms with van der Waals surface area (Å²) in [4.78, 5) is 12.4. The van der Waals surface area contributed by atoms with Gasteiger partial charge >= 0.3 is 0 Å². The standard InChI is InChI=1S/C18H25IO3S/c1-13(2)23(21,22)12-15-3-7-16(8-4-15)18(20)11-14-5-9-17(19)10-6-14/h5-6,9-10,13,15-16H,3-4,7-8,11-12H2,1-2H3. The van der Waals surface area contributed by atoms with Crippen LogP contribution >= 0.6 is 22.6 Å². The van der Waals surface area contributed by atoms with Crippen LogP contribution in [0.3, 0.4) is 0 Å². The van der Waals surface area contributed by atoms with Gasteiger partial charge in [-0.1, -0.05) is 12.1 Å². The Morgan fingerprint density at radius 3 is 2.22 bits per heavy atom. The zero-order valence-electron chi connectivity index (χ0n) is 13.8. The van der Waals surface area contributed by atoms with E-state index in [2.05, 4.69) is 22.6 Å². The van der Waals surface area contributed by atoms with Crippen LogP contribution < -0.4 is 0 Å². The lowest BCUT2D eigenvalue weighted by atomic mass is 9.79. The number of halogens is 1. The predicted octanol–water partition coefficient (Wildman–Crippen LogP) is 4.03. The number of sulfone groups is 1. The van der Waals surface area contributed by atoms with E-state index in [1.165, 1.54) is 3.57 Å². The van der Waals surface area contributed by atoms with Gasteiger partial charge in [0.25, 0.3) is 0 Å². The second-order valence-corrected chi connectivity index (χ2v) is 10.7. The van der Waals surface area contributed by atoms with E-state index in [-0.39, 0.29) is 22.8 Å². The molecule has 5 heteroatoms. The molecular formula is C18H25IO3S. The van der Waals surface area contributed by atoms with E-state index in [4.69, 9.17) is 0 Å². The predicted molar refractivity (Wildman–Crippen MR) is 102 cm³/mol. The second-order valence-electron chi connectivity index (χ2n) is 6.87. The molecule has 0 heterocycles. The third-order valence-electron chi connectivity index (χ3n) is 4.78. The molecule has 0 N–H and O–H groups in total. The molecule has 1 fully saturated rings. The van der Waals surface area contributed by atoms with Crippen LogP contribution in [0.5, 0.6) is 0 Å². The van der Waals surface area contributed by atoms with Gasteiger partial charge < -0.3 is 0 Å². The van der Waals surface area contributed by atoms with Crippen LogP contribution in [0.15, 0.2) is 24.3 Å². The number of carbonyl (C=O) groups excluding carboxylic acids is 1. The number of ketones is 1. The van der Waals surface area contributed by atoms with E-state index >= 15 is 0 Å². The molecule has 0 bridgehead atoms. The van der Waals surface area contributed by atoms with E-state index in [0.717, 1.165) is 31.2 Å². The zero-order valence-corrected chi connectivity index (χ0v) is 16.8. The number of hydrogen-bond acceptors (Lipinski definition) is 3. The molecule has 1 aliphatic carbocycles. The summed E-state index contributed by atoms with van der Waals surface area (Å²) in [6.07, 6.45) is 3.88. The average Bonchev–Trinajstić information content (AvgIpc) is 2.49. The molecule has 0 saturated heterocycles. The maximum Gasteiger partial charge on any atom is 0.152 e. The fourth-order valence-corrected chi connectivity index (χ4v) is 4.85. The highest BCUT2D eigenvalue weighted by Gasteiger charge is 2.29. The Bertz CT molecular complexity index is 627. The Morgan fingerprint density at radius 2 is 1.70 bits per heavy atom. The van der Waals surface area contributed by atoms with Crippen molar-refractivity contribution in [2.45, 2.75) is 51.2 Å². The van der Waals surface area contributed by atoms with Gasteiger partial charge in [0, 0.05) is 15.9 Å². The molecule has 0 spiro atoms. The topological polar surface area (TPSA) is 51.2 Å². The van der Waals surface area contributed by atoms with E-state index in [0.29, 0.717) is 12.2 Å². The molecule has 3 nitrogen and oxygen atoms in total. The second kappa shape index (κ2) is 8.10. The van der Waals surface area contributed by atoms with Gasteiger partial charge in [0.1, 0.15) is 5.78 Å². The van der Waals surface area contributed by atoms with Crippen LogP contribution in [0, 0.1) is 15.4 Å². The molecule has 1 aromatic rings. The first kappa shape index (κ1) is 18.9. The number of carbonyl (C=O) groups is 1. The first-order valence-corrected chi connectivity index (χ1v) is 11.1. The first-order valence-electron chi connectivity index (χ1n) is 8.26. The minimum absolute atomic E-state index is 0.104. The third-order valence-corrected chi connectivity index (χ3v) is 7.87. The summed E-state index contributed by atoms with van der Waals surface area (Å²) in [7, 11) is -2.97. The Balaban J connectivity index is 1.84. The summed E-state index contributed by atoms with van der Waals surface area (Å²) in [6, 6.07) is 8.08. The smallest absolute Gasteiger partial charge is 0.152 e. The van der Waals surface area contributed by atoms with Crippen LogP contribution in [0.25, 0.3) is 0 Å². The van der Waals surface area contributed by atoms with Gasteiger partial charge in [-0.2, -0.15) is 0 Å². The van der Waals surface area contributed by atoms with Crippen molar-refractivity contribution in [3.05, 3.63) is 33.4 Å². The highest BCUT2D eigenvalue weighted by molar-refractivity contribution is 14.1. The van der Waals surface area contributed by atoms with E-state index in [9.17, 15) is 13.2 Å². The summed E-state index contributed by atoms with van der Waals surface area (Å²) in [5, 5.41) is -0.303. The van der Waals surface area contributed by atoms with Gasteiger partial charge in [-0.25, -0.2) is 8.42 Å². The highest BCUT2D eigenvalue weighted by atomic mass is 127. The molecule has 0 radical (unpaired) electrons. The summed E-state index contributed by atoms with van der Waals surface area (Å²) < 4.78 is 25.2. The molecule has 1 saturated carbocycles. The SMILES string of the molecule is CC(C)S(=O)(=O)CC1CCC(C(=O)Cc2ccc(I)cc2)CC1. The fraction of sp³-hybridized carbons (Fsp3) is 0.611. The summed E-state index contributed by atoms with van der Waals surface area (Å²) in [5.74, 6) is 0.913. The molecular weight excluding hydrogens is 423 g/mol. The van der Waals surface area contributed by atoms with E-state index in [1.54, 1.807) is 13.8 Å². The van der Waals surface area contributed by atoms with Gasteiger partial charge in [0.15, 0.2) is 9.84 Å². The Kier molecular flexibility index (Phi) is 6.66. The summed E-state index contributed by atoms with van der Waals surface area (Å²) in [5.41, 5.74) is 1.07. The number of hydrogen-bond donors (Lipinski definition) is 0. The van der Waals surface area contributed by atoms with Crippen molar-refractivity contribution in [3.63, 3.8) is 0 Å². The molecule has 0 aliphatic heterocycles. The molecule has 23 heavy (non-hydrogen) atoms. The number of Topliss-reactive ketones (excluding diaryl/α,β-unsaturated/α-hetero) is 1. The number of rotatable bonds is 6. The molecule has 0 amide bonds. The van der Waals surface area contributed by atoms with Crippen molar-refractivity contribution in [2.24, 2.45) is 11.8 Å². The first-order chi connectivity index (χ1) is 10.8. The van der Waals surface area contributed by atoms with Gasteiger partial charge in [-0.05, 0) is 85.7 Å². The lowest BCUT2D eigenvalue weighted by molar-refractivity contribution is -0.123. The lowest BCUT2D eigenvalue weighted by Gasteiger charge is -2.28. The summed E-state index contributed by atoms with van der Waals surface area (Å²) >= 11 is 2.26. The van der Waals surface area contributed by atoms with Crippen LogP contribution in [0.4, 0.5) is 0 Å². The molecule has 0 aromatic heterocycles. The van der Waals surface area contributed by atoms with Crippen LogP contribution in [0.2, 0.25) is 0 Å². The van der Waals surface area contributed by atoms with Gasteiger partial charge in [-0.15, -0.1) is 0 Å². The highest BCUT2D eigenvalue weighted by Crippen LogP contribution is 2.31. The van der Waals surface area contributed by atoms with Gasteiger partial charge in [-0.3, -0.25) is 4.79 Å². The quantitative estimate of drug-likeness (QED) is 0.618.